The van der Waals surface area contributed by atoms with Crippen LogP contribution in [0.3, 0.4) is 0 Å². The first-order valence-corrected chi connectivity index (χ1v) is 8.10. The molecular weight excluding hydrogens is 342 g/mol. The Hall–Kier alpha value is -2.89. The third kappa shape index (κ3) is 2.36. The van der Waals surface area contributed by atoms with Gasteiger partial charge in [0, 0.05) is 7.11 Å². The largest absolute Gasteiger partial charge is 0.463 e. The van der Waals surface area contributed by atoms with Crippen molar-refractivity contribution in [1.82, 2.24) is 18.7 Å². The summed E-state index contributed by atoms with van der Waals surface area (Å²) < 4.78 is 15.2. The van der Waals surface area contributed by atoms with E-state index in [-0.39, 0.29) is 25.5 Å². The van der Waals surface area contributed by atoms with Crippen molar-refractivity contribution in [3.8, 4) is 0 Å². The number of hydrazine groups is 1. The second-order valence-corrected chi connectivity index (χ2v) is 5.76. The lowest BCUT2D eigenvalue weighted by Crippen LogP contribution is -2.37. The summed E-state index contributed by atoms with van der Waals surface area (Å²) in [5.74, 6) is 7.47. The molecule has 1 aliphatic heterocycles. The molecule has 4 heterocycles. The van der Waals surface area contributed by atoms with E-state index in [1.165, 1.54) is 14.3 Å². The van der Waals surface area contributed by atoms with Crippen molar-refractivity contribution in [2.75, 3.05) is 32.0 Å². The standard InChI is InChI=1S/C15H19N7O4/c1-25-8-5-21-15(24)19(4-6-23)14-18-13-12(22(14)21)11(17-9-20(13)16)10-3-2-7-26-10/h2-3,7,23H,4-6,8-9,16H2,1H3. The Morgan fingerprint density at radius 3 is 2.96 bits per heavy atom. The zero-order valence-electron chi connectivity index (χ0n) is 14.2. The Morgan fingerprint density at radius 2 is 2.27 bits per heavy atom. The van der Waals surface area contributed by atoms with Crippen molar-refractivity contribution in [3.63, 3.8) is 0 Å². The van der Waals surface area contributed by atoms with Gasteiger partial charge in [-0.15, -0.1) is 0 Å². The smallest absolute Gasteiger partial charge is 0.346 e. The average molecular weight is 361 g/mol. The number of hydrogen-bond acceptors (Lipinski definition) is 8. The number of imidazole rings is 1. The van der Waals surface area contributed by atoms with E-state index in [0.29, 0.717) is 41.9 Å². The van der Waals surface area contributed by atoms with Crippen molar-refractivity contribution in [2.24, 2.45) is 10.8 Å². The van der Waals surface area contributed by atoms with E-state index in [1.807, 2.05) is 0 Å². The van der Waals surface area contributed by atoms with E-state index in [0.717, 1.165) is 0 Å². The Kier molecular flexibility index (Phi) is 4.11. The van der Waals surface area contributed by atoms with Crippen molar-refractivity contribution in [3.05, 3.63) is 40.3 Å². The highest BCUT2D eigenvalue weighted by molar-refractivity contribution is 6.14. The van der Waals surface area contributed by atoms with Gasteiger partial charge in [-0.05, 0) is 12.1 Å². The fourth-order valence-corrected chi connectivity index (χ4v) is 3.08. The van der Waals surface area contributed by atoms with Gasteiger partial charge in [0.2, 0.25) is 5.78 Å². The molecule has 0 radical (unpaired) electrons. The quantitative estimate of drug-likeness (QED) is 0.540. The number of nitrogens with two attached hydrogens (primary N) is 1. The minimum Gasteiger partial charge on any atom is -0.463 e. The Balaban J connectivity index is 2.02. The van der Waals surface area contributed by atoms with Crippen LogP contribution in [-0.4, -0.2) is 56.6 Å². The van der Waals surface area contributed by atoms with Crippen LogP contribution in [0.2, 0.25) is 0 Å². The number of nitrogens with zero attached hydrogens (tertiary/aromatic N) is 6. The predicted octanol–water partition coefficient (Wildman–Crippen LogP) is -0.982. The summed E-state index contributed by atoms with van der Waals surface area (Å²) in [7, 11) is 1.56. The first-order chi connectivity index (χ1) is 12.7. The van der Waals surface area contributed by atoms with E-state index in [9.17, 15) is 9.90 Å². The molecule has 0 saturated heterocycles. The van der Waals surface area contributed by atoms with Gasteiger partial charge >= 0.3 is 5.69 Å². The van der Waals surface area contributed by atoms with Crippen LogP contribution < -0.4 is 16.5 Å². The average Bonchev–Trinajstić information content (AvgIpc) is 3.33. The molecule has 11 nitrogen and oxygen atoms in total. The molecule has 0 aliphatic carbocycles. The second-order valence-electron chi connectivity index (χ2n) is 5.76. The Labute approximate surface area is 147 Å². The number of furan rings is 1. The molecular formula is C15H19N7O4. The summed E-state index contributed by atoms with van der Waals surface area (Å²) in [6.07, 6.45) is 1.56. The van der Waals surface area contributed by atoms with Gasteiger partial charge in [0.15, 0.2) is 11.6 Å². The number of aromatic nitrogens is 4. The molecule has 4 rings (SSSR count). The monoisotopic (exact) mass is 361 g/mol. The third-order valence-corrected chi connectivity index (χ3v) is 4.22. The lowest BCUT2D eigenvalue weighted by molar-refractivity contribution is 0.180. The second kappa shape index (κ2) is 6.44. The predicted molar refractivity (Wildman–Crippen MR) is 92.3 cm³/mol. The van der Waals surface area contributed by atoms with Crippen molar-refractivity contribution >= 4 is 17.3 Å². The van der Waals surface area contributed by atoms with Crippen LogP contribution in [-0.2, 0) is 17.8 Å². The highest BCUT2D eigenvalue weighted by atomic mass is 16.5. The fourth-order valence-electron chi connectivity index (χ4n) is 3.08. The van der Waals surface area contributed by atoms with Crippen molar-refractivity contribution in [1.29, 1.82) is 0 Å². The molecule has 0 amide bonds. The Morgan fingerprint density at radius 1 is 1.42 bits per heavy atom. The molecule has 0 spiro atoms. The summed E-state index contributed by atoms with van der Waals surface area (Å²) >= 11 is 0. The molecule has 0 bridgehead atoms. The van der Waals surface area contributed by atoms with Gasteiger partial charge in [-0.25, -0.2) is 19.8 Å². The minimum atomic E-state index is -0.297. The van der Waals surface area contributed by atoms with E-state index in [4.69, 9.17) is 15.0 Å². The van der Waals surface area contributed by atoms with Gasteiger partial charge < -0.3 is 14.3 Å². The maximum absolute atomic E-state index is 12.8. The van der Waals surface area contributed by atoms with Crippen LogP contribution in [0.1, 0.15) is 11.5 Å². The summed E-state index contributed by atoms with van der Waals surface area (Å²) in [5, 5.41) is 10.7. The number of rotatable bonds is 6. The van der Waals surface area contributed by atoms with Crippen LogP contribution in [0.15, 0.2) is 32.6 Å². The van der Waals surface area contributed by atoms with Gasteiger partial charge in [0.05, 0.1) is 32.6 Å². The van der Waals surface area contributed by atoms with Crippen LogP contribution in [0.4, 0.5) is 5.82 Å². The first-order valence-electron chi connectivity index (χ1n) is 8.10. The van der Waals surface area contributed by atoms with Crippen LogP contribution in [0, 0.1) is 0 Å². The number of methoxy groups -OCH3 is 1. The maximum Gasteiger partial charge on any atom is 0.346 e. The number of aliphatic imine (C=N–C) groups is 1. The molecule has 0 aromatic carbocycles. The van der Waals surface area contributed by atoms with Gasteiger partial charge in [0.1, 0.15) is 18.1 Å². The molecule has 0 unspecified atom stereocenters. The molecule has 11 heteroatoms. The number of fused-ring (bicyclic) bond motifs is 3. The molecule has 1 aliphatic rings. The van der Waals surface area contributed by atoms with E-state index >= 15 is 0 Å². The molecule has 0 atom stereocenters. The zero-order valence-corrected chi connectivity index (χ0v) is 14.2. The van der Waals surface area contributed by atoms with Crippen molar-refractivity contribution in [2.45, 2.75) is 13.1 Å². The van der Waals surface area contributed by atoms with Gasteiger partial charge in [-0.1, -0.05) is 0 Å². The number of hydrogen-bond donors (Lipinski definition) is 2. The number of anilines is 1. The van der Waals surface area contributed by atoms with Crippen LogP contribution in [0.25, 0.3) is 5.78 Å². The molecule has 3 aromatic heterocycles. The van der Waals surface area contributed by atoms with Gasteiger partial charge in [-0.3, -0.25) is 14.6 Å². The molecule has 0 saturated carbocycles. The first kappa shape index (κ1) is 16.6. The zero-order chi connectivity index (χ0) is 18.3. The number of aliphatic hydroxyl groups excluding tert-OH is 1. The lowest BCUT2D eigenvalue weighted by atomic mass is 10.2. The van der Waals surface area contributed by atoms with Gasteiger partial charge in [-0.2, -0.15) is 4.98 Å². The fraction of sp³-hybridized carbons (Fsp3) is 0.400. The highest BCUT2D eigenvalue weighted by Crippen LogP contribution is 2.27. The number of ether oxygens (including phenoxy) is 1. The molecule has 0 fully saturated rings. The SMILES string of the molecule is COCCn1c(=O)n(CCO)c2nc3c(n21)C(c1ccco1)=NCN3N. The topological polar surface area (TPSA) is 128 Å². The van der Waals surface area contributed by atoms with E-state index in [2.05, 4.69) is 9.98 Å². The van der Waals surface area contributed by atoms with Gasteiger partial charge in [0.25, 0.3) is 0 Å². The number of aliphatic hydroxyl groups is 1. The van der Waals surface area contributed by atoms with Crippen LogP contribution >= 0.6 is 0 Å². The molecule has 26 heavy (non-hydrogen) atoms. The summed E-state index contributed by atoms with van der Waals surface area (Å²) in [6, 6.07) is 3.55. The maximum atomic E-state index is 12.8. The minimum absolute atomic E-state index is 0.121. The van der Waals surface area contributed by atoms with Crippen molar-refractivity contribution < 1.29 is 14.3 Å². The van der Waals surface area contributed by atoms with Crippen LogP contribution in [0.5, 0.6) is 0 Å². The highest BCUT2D eigenvalue weighted by Gasteiger charge is 2.31. The summed E-state index contributed by atoms with van der Waals surface area (Å²) in [5.41, 5.74) is 0.828. The lowest BCUT2D eigenvalue weighted by Gasteiger charge is -2.21. The molecule has 3 aromatic rings. The summed E-state index contributed by atoms with van der Waals surface area (Å²) in [4.78, 5) is 21.8. The van der Waals surface area contributed by atoms with E-state index < -0.39 is 0 Å². The molecule has 3 N–H and O–H groups in total. The summed E-state index contributed by atoms with van der Waals surface area (Å²) in [6.45, 7) is 0.794. The normalized spacial score (nSPS) is 14.1. The molecule has 138 valence electrons. The third-order valence-electron chi connectivity index (χ3n) is 4.22. The van der Waals surface area contributed by atoms with E-state index in [1.54, 1.807) is 30.0 Å². The Bertz CT molecular complexity index is 1010.